The molecule has 3 rings (SSSR count). The minimum Gasteiger partial charge on any atom is -0.397 e. The maximum absolute atomic E-state index is 14.3. The molecular weight excluding hydrogens is 335 g/mol. The van der Waals surface area contributed by atoms with Gasteiger partial charge in [0.2, 0.25) is 0 Å². The van der Waals surface area contributed by atoms with Gasteiger partial charge in [0.15, 0.2) is 0 Å². The molecule has 2 aromatic heterocycles. The van der Waals surface area contributed by atoms with Crippen LogP contribution in [-0.4, -0.2) is 22.4 Å². The van der Waals surface area contributed by atoms with E-state index < -0.39 is 17.3 Å². The predicted octanol–water partition coefficient (Wildman–Crippen LogP) is 2.76. The Morgan fingerprint density at radius 3 is 2.81 bits per heavy atom. The third kappa shape index (κ3) is 3.03. The van der Waals surface area contributed by atoms with E-state index in [1.54, 1.807) is 31.2 Å². The van der Waals surface area contributed by atoms with Crippen LogP contribution in [0.3, 0.4) is 0 Å². The molecule has 1 amide bonds. The summed E-state index contributed by atoms with van der Waals surface area (Å²) < 4.78 is 14.3. The van der Waals surface area contributed by atoms with Crippen molar-refractivity contribution in [1.29, 1.82) is 0 Å². The van der Waals surface area contributed by atoms with Gasteiger partial charge in [0, 0.05) is 23.2 Å². The number of pyridine rings is 2. The van der Waals surface area contributed by atoms with Crippen molar-refractivity contribution in [3.8, 4) is 11.3 Å². The Labute approximate surface area is 149 Å². The molecule has 0 fully saturated rings. The standard InChI is InChI=1S/C19H19FN4O2/c1-3-9-22-18(25)14-15(21)11-5-4-6-12(16(11)24-19(14)26)17-13(20)8-7-10(2)23-17/h4-8H,3,9H2,1-2H3,(H,22,25)(H3,21,24,26). The molecule has 0 atom stereocenters. The lowest BCUT2D eigenvalue weighted by molar-refractivity contribution is 0.0953. The molecule has 7 heteroatoms. The van der Waals surface area contributed by atoms with E-state index in [2.05, 4.69) is 15.3 Å². The molecule has 0 saturated carbocycles. The molecule has 0 radical (unpaired) electrons. The molecule has 3 aromatic rings. The van der Waals surface area contributed by atoms with E-state index in [0.29, 0.717) is 28.7 Å². The number of carbonyl (C=O) groups excluding carboxylic acids is 1. The Hall–Kier alpha value is -3.22. The van der Waals surface area contributed by atoms with Crippen LogP contribution in [0.5, 0.6) is 0 Å². The SMILES string of the molecule is CCCNC(=O)c1c(N)c2cccc(-c3nc(C)ccc3F)c2[nH]c1=O. The van der Waals surface area contributed by atoms with Crippen molar-refractivity contribution in [3.63, 3.8) is 0 Å². The van der Waals surface area contributed by atoms with Crippen LogP contribution in [-0.2, 0) is 0 Å². The second kappa shape index (κ2) is 6.95. The Morgan fingerprint density at radius 1 is 1.31 bits per heavy atom. The van der Waals surface area contributed by atoms with Crippen LogP contribution in [0.2, 0.25) is 0 Å². The topological polar surface area (TPSA) is 101 Å². The lowest BCUT2D eigenvalue weighted by atomic mass is 10.0. The van der Waals surface area contributed by atoms with E-state index in [-0.39, 0.29) is 16.9 Å². The molecule has 4 N–H and O–H groups in total. The first-order chi connectivity index (χ1) is 12.4. The Kier molecular flexibility index (Phi) is 4.71. The summed E-state index contributed by atoms with van der Waals surface area (Å²) in [6.45, 7) is 4.10. The fourth-order valence-corrected chi connectivity index (χ4v) is 2.82. The van der Waals surface area contributed by atoms with E-state index in [1.807, 2.05) is 6.92 Å². The van der Waals surface area contributed by atoms with Gasteiger partial charge in [-0.1, -0.05) is 25.1 Å². The molecule has 0 unspecified atom stereocenters. The molecule has 0 aliphatic rings. The van der Waals surface area contributed by atoms with E-state index >= 15 is 0 Å². The smallest absolute Gasteiger partial charge is 0.263 e. The number of nitrogens with one attached hydrogen (secondary N) is 2. The highest BCUT2D eigenvalue weighted by atomic mass is 19.1. The average molecular weight is 354 g/mol. The highest BCUT2D eigenvalue weighted by Crippen LogP contribution is 2.30. The number of hydrogen-bond acceptors (Lipinski definition) is 4. The minimum atomic E-state index is -0.621. The number of aromatic nitrogens is 2. The van der Waals surface area contributed by atoms with E-state index in [9.17, 15) is 14.0 Å². The molecule has 26 heavy (non-hydrogen) atoms. The van der Waals surface area contributed by atoms with Gasteiger partial charge >= 0.3 is 0 Å². The summed E-state index contributed by atoms with van der Waals surface area (Å²) in [5.74, 6) is -1.04. The summed E-state index contributed by atoms with van der Waals surface area (Å²) in [6, 6.07) is 7.90. The third-order valence-electron chi connectivity index (χ3n) is 4.09. The van der Waals surface area contributed by atoms with Crippen LogP contribution < -0.4 is 16.6 Å². The van der Waals surface area contributed by atoms with Gasteiger partial charge < -0.3 is 16.0 Å². The van der Waals surface area contributed by atoms with Crippen molar-refractivity contribution in [2.24, 2.45) is 0 Å². The van der Waals surface area contributed by atoms with Gasteiger partial charge in [-0.2, -0.15) is 0 Å². The zero-order valence-electron chi connectivity index (χ0n) is 14.5. The number of amides is 1. The Morgan fingerprint density at radius 2 is 2.08 bits per heavy atom. The van der Waals surface area contributed by atoms with Crippen molar-refractivity contribution in [2.75, 3.05) is 12.3 Å². The average Bonchev–Trinajstić information content (AvgIpc) is 2.61. The van der Waals surface area contributed by atoms with Crippen LogP contribution in [0.15, 0.2) is 35.1 Å². The molecule has 0 bridgehead atoms. The number of halogens is 1. The quantitative estimate of drug-likeness (QED) is 0.670. The van der Waals surface area contributed by atoms with Crippen molar-refractivity contribution < 1.29 is 9.18 Å². The van der Waals surface area contributed by atoms with Crippen LogP contribution in [0.4, 0.5) is 10.1 Å². The fraction of sp³-hybridized carbons (Fsp3) is 0.211. The summed E-state index contributed by atoms with van der Waals surface area (Å²) in [6.07, 6.45) is 0.736. The molecular formula is C19H19FN4O2. The van der Waals surface area contributed by atoms with Crippen LogP contribution in [0.1, 0.15) is 29.4 Å². The monoisotopic (exact) mass is 354 g/mol. The number of carbonyl (C=O) groups is 1. The number of anilines is 1. The molecule has 6 nitrogen and oxygen atoms in total. The summed E-state index contributed by atoms with van der Waals surface area (Å²) >= 11 is 0. The number of fused-ring (bicyclic) bond motifs is 1. The highest BCUT2D eigenvalue weighted by molar-refractivity contribution is 6.08. The summed E-state index contributed by atoms with van der Waals surface area (Å²) in [7, 11) is 0. The number of para-hydroxylation sites is 1. The van der Waals surface area contributed by atoms with Gasteiger partial charge in [0.05, 0.1) is 11.2 Å². The van der Waals surface area contributed by atoms with Gasteiger partial charge in [-0.05, 0) is 25.5 Å². The number of rotatable bonds is 4. The number of aromatic amines is 1. The summed E-state index contributed by atoms with van der Waals surface area (Å²) in [5.41, 5.74) is 6.93. The van der Waals surface area contributed by atoms with Crippen molar-refractivity contribution >= 4 is 22.5 Å². The number of H-pyrrole nitrogens is 1. The van der Waals surface area contributed by atoms with Gasteiger partial charge in [-0.15, -0.1) is 0 Å². The molecule has 0 saturated heterocycles. The van der Waals surface area contributed by atoms with Gasteiger partial charge in [0.25, 0.3) is 11.5 Å². The first-order valence-corrected chi connectivity index (χ1v) is 8.30. The van der Waals surface area contributed by atoms with Gasteiger partial charge in [-0.3, -0.25) is 9.59 Å². The van der Waals surface area contributed by atoms with Crippen molar-refractivity contribution in [2.45, 2.75) is 20.3 Å². The molecule has 0 aliphatic heterocycles. The van der Waals surface area contributed by atoms with Gasteiger partial charge in [0.1, 0.15) is 17.1 Å². The minimum absolute atomic E-state index is 0.0623. The molecule has 0 spiro atoms. The lowest BCUT2D eigenvalue weighted by Gasteiger charge is -2.12. The first kappa shape index (κ1) is 17.6. The van der Waals surface area contributed by atoms with E-state index in [4.69, 9.17) is 5.73 Å². The molecule has 2 heterocycles. The predicted molar refractivity (Wildman–Crippen MR) is 99.5 cm³/mol. The molecule has 134 valence electrons. The second-order valence-corrected chi connectivity index (χ2v) is 6.01. The third-order valence-corrected chi connectivity index (χ3v) is 4.09. The zero-order chi connectivity index (χ0) is 18.8. The number of nitrogens with two attached hydrogens (primary N) is 1. The highest BCUT2D eigenvalue weighted by Gasteiger charge is 2.20. The second-order valence-electron chi connectivity index (χ2n) is 6.01. The summed E-state index contributed by atoms with van der Waals surface area (Å²) in [5, 5.41) is 3.11. The van der Waals surface area contributed by atoms with E-state index in [0.717, 1.165) is 6.42 Å². The van der Waals surface area contributed by atoms with E-state index in [1.165, 1.54) is 6.07 Å². The Balaban J connectivity index is 2.26. The number of nitrogen functional groups attached to an aromatic ring is 1. The maximum Gasteiger partial charge on any atom is 0.263 e. The normalized spacial score (nSPS) is 10.9. The van der Waals surface area contributed by atoms with Crippen LogP contribution >= 0.6 is 0 Å². The number of aryl methyl sites for hydroxylation is 1. The number of benzene rings is 1. The largest absolute Gasteiger partial charge is 0.397 e. The maximum atomic E-state index is 14.3. The first-order valence-electron chi connectivity index (χ1n) is 8.30. The number of nitrogens with zero attached hydrogens (tertiary/aromatic N) is 1. The van der Waals surface area contributed by atoms with Gasteiger partial charge in [-0.25, -0.2) is 9.37 Å². The Bertz CT molecular complexity index is 1060. The fourth-order valence-electron chi connectivity index (χ4n) is 2.82. The van der Waals surface area contributed by atoms with Crippen molar-refractivity contribution in [1.82, 2.24) is 15.3 Å². The van der Waals surface area contributed by atoms with Crippen LogP contribution in [0, 0.1) is 12.7 Å². The molecule has 0 aliphatic carbocycles. The zero-order valence-corrected chi connectivity index (χ0v) is 14.5. The van der Waals surface area contributed by atoms with Crippen molar-refractivity contribution in [3.05, 3.63) is 57.8 Å². The lowest BCUT2D eigenvalue weighted by Crippen LogP contribution is -2.31. The van der Waals surface area contributed by atoms with Crippen LogP contribution in [0.25, 0.3) is 22.2 Å². The number of hydrogen-bond donors (Lipinski definition) is 3. The summed E-state index contributed by atoms with van der Waals surface area (Å²) in [4.78, 5) is 31.6. The molecule has 1 aromatic carbocycles.